The van der Waals surface area contributed by atoms with Gasteiger partial charge in [-0.15, -0.1) is 0 Å². The largest absolute Gasteiger partial charge is 0.383 e. The number of hydrogen-bond donors (Lipinski definition) is 5. The summed E-state index contributed by atoms with van der Waals surface area (Å²) in [7, 11) is 0. The molecule has 1 saturated carbocycles. The lowest BCUT2D eigenvalue weighted by Crippen LogP contribution is -2.35. The number of halogens is 3. The van der Waals surface area contributed by atoms with Gasteiger partial charge in [0.15, 0.2) is 0 Å². The van der Waals surface area contributed by atoms with Crippen molar-refractivity contribution in [2.45, 2.75) is 59.0 Å². The maximum atomic E-state index is 14.0. The van der Waals surface area contributed by atoms with Crippen LogP contribution in [-0.4, -0.2) is 22.1 Å². The number of nitriles is 1. The van der Waals surface area contributed by atoms with E-state index in [1.54, 1.807) is 19.1 Å². The predicted octanol–water partition coefficient (Wildman–Crippen LogP) is 6.42. The van der Waals surface area contributed by atoms with Gasteiger partial charge in [-0.1, -0.05) is 38.4 Å². The SMILES string of the molecule is Cc1nc(F)ccc1[C@H](Nc1cc(Cl)c2ncc(C#N)c(NCC(C)(C)C)c2c1)/C(NN)=C(\I)NC1(C)CC1. The monoisotopic (exact) mass is 662 g/mol. The summed E-state index contributed by atoms with van der Waals surface area (Å²) in [6, 6.07) is 8.45. The Bertz CT molecular complexity index is 1470. The lowest BCUT2D eigenvalue weighted by molar-refractivity contribution is 0.443. The zero-order valence-electron chi connectivity index (χ0n) is 22.6. The van der Waals surface area contributed by atoms with Gasteiger partial charge in [0.05, 0.1) is 37.2 Å². The van der Waals surface area contributed by atoms with Crippen LogP contribution in [0.15, 0.2) is 39.9 Å². The van der Waals surface area contributed by atoms with E-state index in [9.17, 15) is 9.65 Å². The average Bonchev–Trinajstić information content (AvgIpc) is 3.58. The molecule has 1 atom stereocenters. The van der Waals surface area contributed by atoms with Crippen molar-refractivity contribution in [3.05, 3.63) is 67.7 Å². The number of hydrogen-bond acceptors (Lipinski definition) is 8. The number of hydrazine groups is 1. The van der Waals surface area contributed by atoms with Gasteiger partial charge in [-0.3, -0.25) is 10.8 Å². The molecule has 3 aromatic rings. The molecule has 0 spiro atoms. The van der Waals surface area contributed by atoms with Crippen LogP contribution in [0, 0.1) is 29.6 Å². The van der Waals surface area contributed by atoms with Gasteiger partial charge in [-0.05, 0) is 72.9 Å². The first-order chi connectivity index (χ1) is 18.3. The molecule has 1 aromatic carbocycles. The average molecular weight is 663 g/mol. The zero-order valence-corrected chi connectivity index (χ0v) is 25.6. The molecule has 8 nitrogen and oxygen atoms in total. The Balaban J connectivity index is 1.84. The van der Waals surface area contributed by atoms with Crippen molar-refractivity contribution in [1.82, 2.24) is 20.7 Å². The molecular weight excluding hydrogens is 630 g/mol. The van der Waals surface area contributed by atoms with Crippen LogP contribution in [-0.2, 0) is 0 Å². The van der Waals surface area contributed by atoms with E-state index in [-0.39, 0.29) is 11.0 Å². The van der Waals surface area contributed by atoms with Crippen LogP contribution in [0.3, 0.4) is 0 Å². The van der Waals surface area contributed by atoms with Crippen LogP contribution in [0.1, 0.15) is 63.4 Å². The Hall–Kier alpha value is -2.88. The molecule has 0 aliphatic heterocycles. The normalized spacial score (nSPS) is 15.7. The van der Waals surface area contributed by atoms with Crippen molar-refractivity contribution >= 4 is 56.5 Å². The molecular formula is C28H33ClFIN8. The van der Waals surface area contributed by atoms with E-state index in [2.05, 4.69) is 87.7 Å². The maximum absolute atomic E-state index is 14.0. The van der Waals surface area contributed by atoms with Crippen LogP contribution < -0.4 is 27.2 Å². The summed E-state index contributed by atoms with van der Waals surface area (Å²) >= 11 is 8.97. The number of rotatable bonds is 9. The van der Waals surface area contributed by atoms with Gasteiger partial charge in [0, 0.05) is 40.6 Å². The van der Waals surface area contributed by atoms with Crippen molar-refractivity contribution in [2.24, 2.45) is 11.3 Å². The van der Waals surface area contributed by atoms with Crippen LogP contribution in [0.25, 0.3) is 10.9 Å². The first kappa shape index (κ1) is 29.1. The number of aromatic nitrogens is 2. The molecule has 2 aromatic heterocycles. The van der Waals surface area contributed by atoms with E-state index in [0.29, 0.717) is 50.8 Å². The molecule has 0 amide bonds. The summed E-state index contributed by atoms with van der Waals surface area (Å²) in [5, 5.41) is 21.5. The van der Waals surface area contributed by atoms with Crippen LogP contribution in [0.4, 0.5) is 15.8 Å². The minimum absolute atomic E-state index is 0.0124. The van der Waals surface area contributed by atoms with Gasteiger partial charge in [0.2, 0.25) is 5.95 Å². The highest BCUT2D eigenvalue weighted by Crippen LogP contribution is 2.39. The number of anilines is 2. The molecule has 6 N–H and O–H groups in total. The molecule has 1 aliphatic rings. The van der Waals surface area contributed by atoms with Crippen molar-refractivity contribution < 1.29 is 4.39 Å². The molecule has 0 saturated heterocycles. The number of nitrogens with zero attached hydrogens (tertiary/aromatic N) is 3. The molecule has 0 radical (unpaired) electrons. The van der Waals surface area contributed by atoms with Gasteiger partial charge in [0.1, 0.15) is 6.07 Å². The van der Waals surface area contributed by atoms with E-state index in [4.69, 9.17) is 17.4 Å². The Kier molecular flexibility index (Phi) is 8.44. The summed E-state index contributed by atoms with van der Waals surface area (Å²) in [5.41, 5.74) is 7.14. The molecule has 206 valence electrons. The molecule has 0 bridgehead atoms. The molecule has 11 heteroatoms. The third-order valence-electron chi connectivity index (χ3n) is 6.65. The number of fused-ring (bicyclic) bond motifs is 1. The predicted molar refractivity (Wildman–Crippen MR) is 164 cm³/mol. The molecule has 0 unspecified atom stereocenters. The molecule has 4 rings (SSSR count). The highest BCUT2D eigenvalue weighted by atomic mass is 127. The molecule has 39 heavy (non-hydrogen) atoms. The first-order valence-corrected chi connectivity index (χ1v) is 14.1. The van der Waals surface area contributed by atoms with E-state index >= 15 is 0 Å². The number of benzene rings is 1. The number of aryl methyl sites for hydroxylation is 1. The Morgan fingerprint density at radius 1 is 1.31 bits per heavy atom. The van der Waals surface area contributed by atoms with Crippen LogP contribution >= 0.6 is 34.2 Å². The van der Waals surface area contributed by atoms with Gasteiger partial charge in [0.25, 0.3) is 0 Å². The number of nitrogens with one attached hydrogen (secondary N) is 4. The summed E-state index contributed by atoms with van der Waals surface area (Å²) in [6.07, 6.45) is 3.66. The van der Waals surface area contributed by atoms with E-state index < -0.39 is 12.0 Å². The van der Waals surface area contributed by atoms with E-state index in [1.165, 1.54) is 12.3 Å². The van der Waals surface area contributed by atoms with E-state index in [0.717, 1.165) is 22.1 Å². The summed E-state index contributed by atoms with van der Waals surface area (Å²) < 4.78 is 14.8. The maximum Gasteiger partial charge on any atom is 0.213 e. The van der Waals surface area contributed by atoms with Crippen LogP contribution in [0.5, 0.6) is 0 Å². The summed E-state index contributed by atoms with van der Waals surface area (Å²) in [6.45, 7) is 10.9. The summed E-state index contributed by atoms with van der Waals surface area (Å²) in [5.74, 6) is 5.52. The molecule has 1 fully saturated rings. The van der Waals surface area contributed by atoms with Crippen molar-refractivity contribution in [3.63, 3.8) is 0 Å². The van der Waals surface area contributed by atoms with Gasteiger partial charge < -0.3 is 21.4 Å². The Labute approximate surface area is 247 Å². The van der Waals surface area contributed by atoms with Crippen molar-refractivity contribution in [3.8, 4) is 6.07 Å². The van der Waals surface area contributed by atoms with Crippen molar-refractivity contribution in [1.29, 1.82) is 5.26 Å². The standard InChI is InChI=1S/C28H33ClFIN8/c1-15-18(6-7-21(30)36-15)24(25(39-33)26(31)38-28(5)8-9-28)37-17-10-19-22(35-14-27(2,3)4)16(12-32)13-34-23(19)20(29)11-17/h6-7,10-11,13,24,37-39H,8-9,14,33H2,1-5H3,(H,34,35)/b26-25-/t24-/m0/s1. The quantitative estimate of drug-likeness (QED) is 0.0585. The fraction of sp³-hybridized carbons (Fsp3) is 0.393. The van der Waals surface area contributed by atoms with Gasteiger partial charge >= 0.3 is 0 Å². The number of nitrogens with two attached hydrogens (primary N) is 1. The highest BCUT2D eigenvalue weighted by Gasteiger charge is 2.38. The minimum Gasteiger partial charge on any atom is -0.383 e. The third kappa shape index (κ3) is 6.83. The Morgan fingerprint density at radius 2 is 2.03 bits per heavy atom. The Morgan fingerprint density at radius 3 is 2.62 bits per heavy atom. The topological polar surface area (TPSA) is 124 Å². The fourth-order valence-corrected chi connectivity index (χ4v) is 5.59. The molecule has 2 heterocycles. The smallest absolute Gasteiger partial charge is 0.213 e. The lowest BCUT2D eigenvalue weighted by Gasteiger charge is -2.27. The summed E-state index contributed by atoms with van der Waals surface area (Å²) in [4.78, 5) is 8.51. The second-order valence-electron chi connectivity index (χ2n) is 11.4. The van der Waals surface area contributed by atoms with Crippen molar-refractivity contribution in [2.75, 3.05) is 17.2 Å². The van der Waals surface area contributed by atoms with E-state index in [1.807, 2.05) is 6.07 Å². The minimum atomic E-state index is -0.557. The first-order valence-electron chi connectivity index (χ1n) is 12.6. The number of pyridine rings is 2. The highest BCUT2D eigenvalue weighted by molar-refractivity contribution is 14.1. The zero-order chi connectivity index (χ0) is 28.5. The van der Waals surface area contributed by atoms with Gasteiger partial charge in [-0.2, -0.15) is 9.65 Å². The second kappa shape index (κ2) is 11.3. The third-order valence-corrected chi connectivity index (χ3v) is 7.79. The van der Waals surface area contributed by atoms with Gasteiger partial charge in [-0.25, -0.2) is 4.98 Å². The fourth-order valence-electron chi connectivity index (χ4n) is 4.21. The second-order valence-corrected chi connectivity index (χ2v) is 12.9. The van der Waals surface area contributed by atoms with Crippen LogP contribution in [0.2, 0.25) is 5.02 Å². The molecule has 1 aliphatic carbocycles. The lowest BCUT2D eigenvalue weighted by atomic mass is 9.96.